The number of ether oxygens (including phenoxy) is 4. The lowest BCUT2D eigenvalue weighted by molar-refractivity contribution is -0.127. The molecule has 1 N–H and O–H groups in total. The highest BCUT2D eigenvalue weighted by atomic mass is 19.1. The molecule has 0 saturated carbocycles. The van der Waals surface area contributed by atoms with E-state index in [4.69, 9.17) is 18.9 Å². The van der Waals surface area contributed by atoms with Crippen molar-refractivity contribution in [3.63, 3.8) is 0 Å². The molecule has 0 radical (unpaired) electrons. The Morgan fingerprint density at radius 3 is 2.66 bits per heavy atom. The Balaban J connectivity index is 1.36. The summed E-state index contributed by atoms with van der Waals surface area (Å²) in [7, 11) is 3.12. The molecular weight excluding hydrogens is 457 g/mol. The van der Waals surface area contributed by atoms with E-state index >= 15 is 0 Å². The van der Waals surface area contributed by atoms with Crippen LogP contribution in [0.5, 0.6) is 23.1 Å². The van der Waals surface area contributed by atoms with E-state index in [9.17, 15) is 9.18 Å². The molecule has 2 aromatic heterocycles. The van der Waals surface area contributed by atoms with Gasteiger partial charge in [0.05, 0.1) is 20.8 Å². The maximum Gasteiger partial charge on any atom is 0.260 e. The van der Waals surface area contributed by atoms with Gasteiger partial charge in [-0.2, -0.15) is 4.52 Å². The largest absolute Gasteiger partial charge is 0.493 e. The number of carbonyl (C=O) groups excluding carboxylic acids is 1. The predicted molar refractivity (Wildman–Crippen MR) is 124 cm³/mol. The van der Waals surface area contributed by atoms with E-state index in [0.29, 0.717) is 28.9 Å². The minimum Gasteiger partial charge on any atom is -0.493 e. The van der Waals surface area contributed by atoms with Gasteiger partial charge in [0.15, 0.2) is 29.1 Å². The normalized spacial score (nSPS) is 11.7. The van der Waals surface area contributed by atoms with E-state index in [2.05, 4.69) is 20.6 Å². The zero-order valence-corrected chi connectivity index (χ0v) is 19.4. The maximum atomic E-state index is 13.3. The van der Waals surface area contributed by atoms with Crippen molar-refractivity contribution in [2.24, 2.45) is 0 Å². The standard InChI is InChI=1S/C24H24FN5O5/c1-15(35-18-6-4-5-17(25)14-18)24(31)26-11-12-34-22-10-9-21-27-28-23(30(21)29-22)16-7-8-19(32-2)20(13-16)33-3/h4-10,13-15H,11-12H2,1-3H3,(H,26,31). The Morgan fingerprint density at radius 2 is 1.89 bits per heavy atom. The number of nitrogens with zero attached hydrogens (tertiary/aromatic N) is 4. The molecule has 1 unspecified atom stereocenters. The third-order valence-electron chi connectivity index (χ3n) is 5.01. The molecule has 35 heavy (non-hydrogen) atoms. The third kappa shape index (κ3) is 5.57. The monoisotopic (exact) mass is 481 g/mol. The number of halogens is 1. The number of methoxy groups -OCH3 is 2. The highest BCUT2D eigenvalue weighted by Crippen LogP contribution is 2.31. The van der Waals surface area contributed by atoms with Crippen LogP contribution in [0.4, 0.5) is 4.39 Å². The molecule has 11 heteroatoms. The van der Waals surface area contributed by atoms with Crippen molar-refractivity contribution >= 4 is 11.6 Å². The average molecular weight is 481 g/mol. The number of hydrogen-bond donors (Lipinski definition) is 1. The summed E-state index contributed by atoms with van der Waals surface area (Å²) in [5.74, 6) is 1.48. The number of amides is 1. The Labute approximate surface area is 200 Å². The lowest BCUT2D eigenvalue weighted by Crippen LogP contribution is -2.38. The lowest BCUT2D eigenvalue weighted by Gasteiger charge is -2.15. The smallest absolute Gasteiger partial charge is 0.260 e. The molecular formula is C24H24FN5O5. The Kier molecular flexibility index (Phi) is 7.24. The first-order valence-corrected chi connectivity index (χ1v) is 10.8. The number of nitrogens with one attached hydrogen (secondary N) is 1. The zero-order valence-electron chi connectivity index (χ0n) is 19.4. The molecule has 0 aliphatic heterocycles. The second kappa shape index (κ2) is 10.7. The summed E-state index contributed by atoms with van der Waals surface area (Å²) in [5, 5.41) is 15.5. The fourth-order valence-corrected chi connectivity index (χ4v) is 3.28. The number of benzene rings is 2. The molecule has 10 nitrogen and oxygen atoms in total. The minimum atomic E-state index is -0.799. The van der Waals surface area contributed by atoms with Gasteiger partial charge in [-0.25, -0.2) is 4.39 Å². The first-order chi connectivity index (χ1) is 17.0. The van der Waals surface area contributed by atoms with Crippen molar-refractivity contribution < 1.29 is 28.1 Å². The molecule has 4 aromatic rings. The number of aromatic nitrogens is 4. The van der Waals surface area contributed by atoms with Gasteiger partial charge in [0, 0.05) is 17.7 Å². The zero-order chi connectivity index (χ0) is 24.8. The van der Waals surface area contributed by atoms with E-state index < -0.39 is 11.9 Å². The van der Waals surface area contributed by atoms with Gasteiger partial charge < -0.3 is 24.3 Å². The van der Waals surface area contributed by atoms with E-state index in [-0.39, 0.29) is 24.8 Å². The van der Waals surface area contributed by atoms with Crippen LogP contribution < -0.4 is 24.3 Å². The maximum absolute atomic E-state index is 13.3. The van der Waals surface area contributed by atoms with E-state index in [1.807, 2.05) is 6.07 Å². The molecule has 0 bridgehead atoms. The lowest BCUT2D eigenvalue weighted by atomic mass is 10.2. The summed E-state index contributed by atoms with van der Waals surface area (Å²) < 4.78 is 36.6. The summed E-state index contributed by atoms with van der Waals surface area (Å²) in [4.78, 5) is 12.2. The van der Waals surface area contributed by atoms with Crippen molar-refractivity contribution in [3.05, 3.63) is 60.4 Å². The molecule has 0 aliphatic carbocycles. The highest BCUT2D eigenvalue weighted by molar-refractivity contribution is 5.80. The van der Waals surface area contributed by atoms with Crippen LogP contribution in [0.25, 0.3) is 17.0 Å². The van der Waals surface area contributed by atoms with E-state index in [1.165, 1.54) is 18.2 Å². The van der Waals surface area contributed by atoms with Crippen LogP contribution in [-0.4, -0.2) is 59.2 Å². The van der Waals surface area contributed by atoms with Crippen LogP contribution in [0.2, 0.25) is 0 Å². The number of carbonyl (C=O) groups is 1. The van der Waals surface area contributed by atoms with Crippen molar-refractivity contribution in [2.45, 2.75) is 13.0 Å². The molecule has 0 aliphatic rings. The minimum absolute atomic E-state index is 0.171. The first kappa shape index (κ1) is 23.7. The van der Waals surface area contributed by atoms with Gasteiger partial charge in [0.1, 0.15) is 18.2 Å². The molecule has 1 amide bonds. The summed E-state index contributed by atoms with van der Waals surface area (Å²) in [6.45, 7) is 1.98. The van der Waals surface area contributed by atoms with E-state index in [1.54, 1.807) is 56.0 Å². The molecule has 0 saturated heterocycles. The summed E-state index contributed by atoms with van der Waals surface area (Å²) >= 11 is 0. The molecule has 2 heterocycles. The van der Waals surface area contributed by atoms with Gasteiger partial charge in [-0.1, -0.05) is 6.07 Å². The highest BCUT2D eigenvalue weighted by Gasteiger charge is 2.16. The fourth-order valence-electron chi connectivity index (χ4n) is 3.28. The Morgan fingerprint density at radius 1 is 1.06 bits per heavy atom. The van der Waals surface area contributed by atoms with Crippen molar-refractivity contribution in [1.82, 2.24) is 25.1 Å². The van der Waals surface area contributed by atoms with Crippen LogP contribution in [0.15, 0.2) is 54.6 Å². The molecule has 4 rings (SSSR count). The molecule has 2 aromatic carbocycles. The fraction of sp³-hybridized carbons (Fsp3) is 0.250. The van der Waals surface area contributed by atoms with Crippen LogP contribution in [0, 0.1) is 5.82 Å². The Bertz CT molecular complexity index is 1330. The van der Waals surface area contributed by atoms with E-state index in [0.717, 1.165) is 5.56 Å². The van der Waals surface area contributed by atoms with Crippen LogP contribution >= 0.6 is 0 Å². The van der Waals surface area contributed by atoms with Gasteiger partial charge in [-0.3, -0.25) is 4.79 Å². The van der Waals surface area contributed by atoms with Crippen molar-refractivity contribution in [3.8, 4) is 34.5 Å². The summed E-state index contributed by atoms with van der Waals surface area (Å²) in [6.07, 6.45) is -0.799. The number of hydrogen-bond acceptors (Lipinski definition) is 8. The van der Waals surface area contributed by atoms with Gasteiger partial charge in [0.2, 0.25) is 5.88 Å². The molecule has 182 valence electrons. The van der Waals surface area contributed by atoms with Gasteiger partial charge in [-0.05, 0) is 43.3 Å². The quantitative estimate of drug-likeness (QED) is 0.345. The first-order valence-electron chi connectivity index (χ1n) is 10.8. The third-order valence-corrected chi connectivity index (χ3v) is 5.01. The summed E-state index contributed by atoms with van der Waals surface area (Å²) in [6, 6.07) is 14.4. The number of fused-ring (bicyclic) bond motifs is 1. The predicted octanol–water partition coefficient (Wildman–Crippen LogP) is 2.91. The van der Waals surface area contributed by atoms with Gasteiger partial charge in [0.25, 0.3) is 5.91 Å². The SMILES string of the molecule is COc1ccc(-c2nnc3ccc(OCCNC(=O)C(C)Oc4cccc(F)c4)nn23)cc1OC. The summed E-state index contributed by atoms with van der Waals surface area (Å²) in [5.41, 5.74) is 1.28. The topological polar surface area (TPSA) is 109 Å². The van der Waals surface area contributed by atoms with Crippen LogP contribution in [-0.2, 0) is 4.79 Å². The van der Waals surface area contributed by atoms with Crippen LogP contribution in [0.1, 0.15) is 6.92 Å². The van der Waals surface area contributed by atoms with Crippen LogP contribution in [0.3, 0.4) is 0 Å². The Hall–Kier alpha value is -4.41. The van der Waals surface area contributed by atoms with Crippen molar-refractivity contribution in [1.29, 1.82) is 0 Å². The average Bonchev–Trinajstić information content (AvgIpc) is 3.29. The molecule has 0 spiro atoms. The van der Waals surface area contributed by atoms with Gasteiger partial charge in [-0.15, -0.1) is 15.3 Å². The van der Waals surface area contributed by atoms with Crippen molar-refractivity contribution in [2.75, 3.05) is 27.4 Å². The second-order valence-corrected chi connectivity index (χ2v) is 7.39. The molecule has 1 atom stereocenters. The van der Waals surface area contributed by atoms with Gasteiger partial charge >= 0.3 is 0 Å². The second-order valence-electron chi connectivity index (χ2n) is 7.39. The molecule has 0 fully saturated rings. The number of rotatable bonds is 10.